The van der Waals surface area contributed by atoms with Crippen molar-refractivity contribution in [3.05, 3.63) is 76.1 Å². The van der Waals surface area contributed by atoms with Gasteiger partial charge in [0.1, 0.15) is 11.3 Å². The number of hydrogen-bond donors (Lipinski definition) is 1. The van der Waals surface area contributed by atoms with E-state index in [1.807, 2.05) is 36.5 Å². The molecule has 1 N–H and O–H groups in total. The maximum Gasteiger partial charge on any atom is 0.331 e. The fourth-order valence-corrected chi connectivity index (χ4v) is 8.87. The van der Waals surface area contributed by atoms with Gasteiger partial charge in [0, 0.05) is 28.2 Å². The Hall–Kier alpha value is -3.45. The van der Waals surface area contributed by atoms with Crippen molar-refractivity contribution in [2.75, 3.05) is 25.8 Å². The third-order valence-electron chi connectivity index (χ3n) is 10.9. The van der Waals surface area contributed by atoms with Crippen molar-refractivity contribution in [2.45, 2.75) is 88.5 Å². The summed E-state index contributed by atoms with van der Waals surface area (Å²) in [5, 5.41) is 4.18. The summed E-state index contributed by atoms with van der Waals surface area (Å²) >= 11 is 6.31. The number of pyridine rings is 1. The highest BCUT2D eigenvalue weighted by molar-refractivity contribution is 6.30. The van der Waals surface area contributed by atoms with Gasteiger partial charge in [0.25, 0.3) is 0 Å². The van der Waals surface area contributed by atoms with Crippen molar-refractivity contribution in [1.29, 1.82) is 0 Å². The number of esters is 1. The SMILES string of the molecule is COC(=O)C1(Nc2cccc(Cl)c2)CCC2(CC1)c1cc3c(cc1C[C@@H]2C[C@@H](C)COc1ccnc2c1[C@H](C)CCC2)OCO3. The van der Waals surface area contributed by atoms with E-state index in [-0.39, 0.29) is 18.2 Å². The molecule has 3 atom stereocenters. The molecule has 0 radical (unpaired) electrons. The van der Waals surface area contributed by atoms with Gasteiger partial charge in [0.2, 0.25) is 6.79 Å². The van der Waals surface area contributed by atoms with Crippen molar-refractivity contribution in [1.82, 2.24) is 4.98 Å². The number of methoxy groups -OCH3 is 1. The number of aromatic nitrogens is 1. The molecule has 0 unspecified atom stereocenters. The topological polar surface area (TPSA) is 78.9 Å². The van der Waals surface area contributed by atoms with E-state index >= 15 is 0 Å². The first-order valence-electron chi connectivity index (χ1n) is 16.5. The number of ether oxygens (including phenoxy) is 4. The first kappa shape index (κ1) is 30.2. The van der Waals surface area contributed by atoms with Crippen LogP contribution < -0.4 is 19.5 Å². The van der Waals surface area contributed by atoms with Crippen LogP contribution >= 0.6 is 11.6 Å². The van der Waals surface area contributed by atoms with Crippen LogP contribution in [0.25, 0.3) is 0 Å². The number of benzene rings is 2. The van der Waals surface area contributed by atoms with Crippen LogP contribution in [0, 0.1) is 11.8 Å². The molecule has 1 aliphatic heterocycles. The number of fused-ring (bicyclic) bond motifs is 4. The minimum absolute atomic E-state index is 0.0809. The van der Waals surface area contributed by atoms with E-state index in [1.54, 1.807) is 0 Å². The first-order chi connectivity index (χ1) is 21.8. The van der Waals surface area contributed by atoms with Crippen LogP contribution in [0.3, 0.4) is 0 Å². The number of halogens is 1. The summed E-state index contributed by atoms with van der Waals surface area (Å²) in [6.45, 7) is 5.52. The van der Waals surface area contributed by atoms with E-state index in [2.05, 4.69) is 36.3 Å². The largest absolute Gasteiger partial charge is 0.493 e. The highest BCUT2D eigenvalue weighted by Crippen LogP contribution is 2.58. The highest BCUT2D eigenvalue weighted by atomic mass is 35.5. The van der Waals surface area contributed by atoms with E-state index in [9.17, 15) is 4.79 Å². The van der Waals surface area contributed by atoms with Crippen LogP contribution in [0.1, 0.15) is 87.1 Å². The third-order valence-corrected chi connectivity index (χ3v) is 11.2. The van der Waals surface area contributed by atoms with Gasteiger partial charge in [0.05, 0.1) is 13.7 Å². The van der Waals surface area contributed by atoms with Gasteiger partial charge in [-0.15, -0.1) is 0 Å². The molecule has 0 saturated heterocycles. The Balaban J connectivity index is 1.14. The van der Waals surface area contributed by atoms with Gasteiger partial charge in [-0.1, -0.05) is 31.5 Å². The number of carbonyl (C=O) groups excluding carboxylic acids is 1. The van der Waals surface area contributed by atoms with Crippen molar-refractivity contribution in [3.63, 3.8) is 0 Å². The molecule has 1 saturated carbocycles. The fraction of sp³-hybridized carbons (Fsp3) is 0.514. The van der Waals surface area contributed by atoms with Crippen molar-refractivity contribution >= 4 is 23.3 Å². The van der Waals surface area contributed by atoms with Gasteiger partial charge in [-0.05, 0) is 128 Å². The lowest BCUT2D eigenvalue weighted by molar-refractivity contribution is -0.148. The molecule has 1 spiro atoms. The average Bonchev–Trinajstić information content (AvgIpc) is 3.61. The Morgan fingerprint density at radius 1 is 1.13 bits per heavy atom. The normalized spacial score (nSPS) is 27.0. The van der Waals surface area contributed by atoms with Gasteiger partial charge in [0.15, 0.2) is 11.5 Å². The van der Waals surface area contributed by atoms with Crippen molar-refractivity contribution < 1.29 is 23.7 Å². The third kappa shape index (κ3) is 5.51. The van der Waals surface area contributed by atoms with E-state index in [1.165, 1.54) is 42.3 Å². The molecule has 238 valence electrons. The number of aryl methyl sites for hydroxylation is 1. The smallest absolute Gasteiger partial charge is 0.331 e. The monoisotopic (exact) mass is 630 g/mol. The second-order valence-corrected chi connectivity index (χ2v) is 14.2. The first-order valence-corrected chi connectivity index (χ1v) is 16.8. The lowest BCUT2D eigenvalue weighted by Crippen LogP contribution is -2.53. The van der Waals surface area contributed by atoms with Crippen molar-refractivity contribution in [3.8, 4) is 17.2 Å². The predicted octanol–water partition coefficient (Wildman–Crippen LogP) is 8.02. The molecule has 1 aromatic heterocycles. The molecular formula is C37H43ClN2O5. The van der Waals surface area contributed by atoms with Crippen LogP contribution in [-0.2, 0) is 27.8 Å². The Morgan fingerprint density at radius 3 is 2.71 bits per heavy atom. The second-order valence-electron chi connectivity index (χ2n) is 13.7. The van der Waals surface area contributed by atoms with Gasteiger partial charge >= 0.3 is 5.97 Å². The minimum atomic E-state index is -0.819. The average molecular weight is 631 g/mol. The van der Waals surface area contributed by atoms with Gasteiger partial charge in [-0.25, -0.2) is 4.79 Å². The quantitative estimate of drug-likeness (QED) is 0.253. The Morgan fingerprint density at radius 2 is 1.93 bits per heavy atom. The Bertz CT molecular complexity index is 1580. The maximum atomic E-state index is 13.4. The number of nitrogens with zero attached hydrogens (tertiary/aromatic N) is 1. The summed E-state index contributed by atoms with van der Waals surface area (Å²) in [5.41, 5.74) is 5.11. The van der Waals surface area contributed by atoms with Crippen LogP contribution in [0.4, 0.5) is 5.69 Å². The fourth-order valence-electron chi connectivity index (χ4n) is 8.68. The summed E-state index contributed by atoms with van der Waals surface area (Å²) < 4.78 is 23.6. The zero-order chi connectivity index (χ0) is 31.2. The maximum absolute atomic E-state index is 13.4. The van der Waals surface area contributed by atoms with Gasteiger partial charge in [-0.2, -0.15) is 0 Å². The molecule has 0 bridgehead atoms. The summed E-state index contributed by atoms with van der Waals surface area (Å²) in [4.78, 5) is 18.1. The zero-order valence-corrected chi connectivity index (χ0v) is 27.3. The van der Waals surface area contributed by atoms with Gasteiger partial charge < -0.3 is 24.3 Å². The number of rotatable bonds is 8. The Kier molecular flexibility index (Phi) is 8.09. The van der Waals surface area contributed by atoms with Crippen LogP contribution in [-0.4, -0.2) is 37.0 Å². The van der Waals surface area contributed by atoms with E-state index in [0.29, 0.717) is 42.2 Å². The summed E-state index contributed by atoms with van der Waals surface area (Å²) in [7, 11) is 1.48. The van der Waals surface area contributed by atoms with Gasteiger partial charge in [-0.3, -0.25) is 4.98 Å². The summed E-state index contributed by atoms with van der Waals surface area (Å²) in [5.74, 6) is 3.66. The minimum Gasteiger partial charge on any atom is -0.493 e. The number of anilines is 1. The van der Waals surface area contributed by atoms with Crippen LogP contribution in [0.15, 0.2) is 48.7 Å². The van der Waals surface area contributed by atoms with Crippen molar-refractivity contribution in [2.24, 2.45) is 11.8 Å². The molecule has 2 heterocycles. The molecule has 2 aromatic carbocycles. The zero-order valence-electron chi connectivity index (χ0n) is 26.5. The lowest BCUT2D eigenvalue weighted by atomic mass is 9.59. The van der Waals surface area contributed by atoms with Crippen LogP contribution in [0.2, 0.25) is 5.02 Å². The molecular weight excluding hydrogens is 588 g/mol. The molecule has 7 nitrogen and oxygen atoms in total. The molecule has 1 fully saturated rings. The van der Waals surface area contributed by atoms with E-state index in [4.69, 9.17) is 30.5 Å². The summed E-state index contributed by atoms with van der Waals surface area (Å²) in [6, 6.07) is 14.0. The van der Waals surface area contributed by atoms with E-state index in [0.717, 1.165) is 55.0 Å². The molecule has 45 heavy (non-hydrogen) atoms. The predicted molar refractivity (Wildman–Crippen MR) is 175 cm³/mol. The molecule has 0 amide bonds. The molecule has 3 aliphatic carbocycles. The molecule has 4 aliphatic rings. The van der Waals surface area contributed by atoms with Crippen LogP contribution in [0.5, 0.6) is 17.2 Å². The second kappa shape index (κ2) is 12.1. The summed E-state index contributed by atoms with van der Waals surface area (Å²) in [6.07, 6.45) is 10.3. The number of hydrogen-bond acceptors (Lipinski definition) is 7. The highest BCUT2D eigenvalue weighted by Gasteiger charge is 2.55. The molecule has 8 heteroatoms. The van der Waals surface area contributed by atoms with E-state index < -0.39 is 5.54 Å². The Labute approximate surface area is 271 Å². The number of carbonyl (C=O) groups is 1. The number of nitrogens with one attached hydrogen (secondary N) is 1. The standard InChI is InChI=1S/C37H43ClN2O5/c1-23(21-43-31-10-15-39-30-9-4-6-24(2)34(30)31)16-26-17-25-18-32-33(45-22-44-32)20-29(25)36(26)11-13-37(14-12-36,35(41)42-3)40-28-8-5-7-27(38)19-28/h5,7-8,10,15,18-20,23-24,26,40H,4,6,9,11-14,16-17,21-22H2,1-3H3/t23-,24-,26+,36?,37?/m1/s1. The molecule has 3 aromatic rings. The lowest BCUT2D eigenvalue weighted by Gasteiger charge is -2.47. The molecule has 7 rings (SSSR count).